The molecule has 20 heavy (non-hydrogen) atoms. The van der Waals surface area contributed by atoms with E-state index in [0.29, 0.717) is 12.4 Å². The number of aliphatic imine (C=N–C) groups is 1. The lowest BCUT2D eigenvalue weighted by atomic mass is 10.1. The smallest absolute Gasteiger partial charge is 0.290 e. The van der Waals surface area contributed by atoms with E-state index in [1.54, 1.807) is 0 Å². The zero-order chi connectivity index (χ0) is 13.8. The summed E-state index contributed by atoms with van der Waals surface area (Å²) in [7, 11) is 0. The summed E-state index contributed by atoms with van der Waals surface area (Å²) in [5.74, 6) is 0.276. The van der Waals surface area contributed by atoms with Crippen LogP contribution in [0.25, 0.3) is 10.8 Å². The minimum absolute atomic E-state index is 0.165. The van der Waals surface area contributed by atoms with E-state index in [2.05, 4.69) is 21.7 Å². The molecule has 1 aliphatic heterocycles. The number of amidine groups is 1. The third kappa shape index (κ3) is 2.79. The van der Waals surface area contributed by atoms with Crippen molar-refractivity contribution in [1.29, 1.82) is 0 Å². The van der Waals surface area contributed by atoms with Crippen LogP contribution in [0.1, 0.15) is 12.8 Å². The summed E-state index contributed by atoms with van der Waals surface area (Å²) in [5, 5.41) is 8.25. The van der Waals surface area contributed by atoms with Crippen LogP contribution in [0.4, 0.5) is 5.69 Å². The van der Waals surface area contributed by atoms with Gasteiger partial charge in [-0.15, -0.1) is 0 Å². The molecule has 0 fully saturated rings. The molecule has 1 amide bonds. The second-order valence-electron chi connectivity index (χ2n) is 4.88. The molecule has 0 spiro atoms. The molecule has 0 saturated carbocycles. The maximum Gasteiger partial charge on any atom is 0.290 e. The first-order chi connectivity index (χ1) is 9.83. The average molecular weight is 267 g/mol. The van der Waals surface area contributed by atoms with Gasteiger partial charge in [-0.2, -0.15) is 0 Å². The highest BCUT2D eigenvalue weighted by atomic mass is 16.2. The van der Waals surface area contributed by atoms with Gasteiger partial charge in [0.25, 0.3) is 5.91 Å². The van der Waals surface area contributed by atoms with Crippen LogP contribution >= 0.6 is 0 Å². The Labute approximate surface area is 117 Å². The second-order valence-corrected chi connectivity index (χ2v) is 4.88. The van der Waals surface area contributed by atoms with E-state index in [1.807, 2.05) is 36.4 Å². The predicted molar refractivity (Wildman–Crippen MR) is 82.1 cm³/mol. The number of nitrogens with one attached hydrogen (secondary N) is 2. The molecule has 3 rings (SSSR count). The first-order valence-corrected chi connectivity index (χ1v) is 6.91. The van der Waals surface area contributed by atoms with Crippen LogP contribution in [-0.4, -0.2) is 24.8 Å². The Bertz CT molecular complexity index is 664. The minimum Gasteiger partial charge on any atom is -0.366 e. The minimum atomic E-state index is -0.165. The quantitative estimate of drug-likeness (QED) is 0.878. The largest absolute Gasteiger partial charge is 0.366 e. The second kappa shape index (κ2) is 5.74. The standard InChI is InChI=1S/C16H17N3O/c20-16(15-17-9-3-4-10-18-15)19-14-8-7-12-5-1-2-6-13(12)11-14/h1-2,5-8,11H,3-4,9-10H2,(H,17,18)(H,19,20). The fraction of sp³-hybridized carbons (Fsp3) is 0.250. The van der Waals surface area contributed by atoms with Gasteiger partial charge in [0.1, 0.15) is 0 Å². The summed E-state index contributed by atoms with van der Waals surface area (Å²) >= 11 is 0. The summed E-state index contributed by atoms with van der Waals surface area (Å²) in [6, 6.07) is 14.0. The molecule has 4 heteroatoms. The van der Waals surface area contributed by atoms with Crippen molar-refractivity contribution in [2.24, 2.45) is 4.99 Å². The van der Waals surface area contributed by atoms with Gasteiger partial charge in [-0.05, 0) is 35.7 Å². The highest BCUT2D eigenvalue weighted by molar-refractivity contribution is 6.42. The van der Waals surface area contributed by atoms with Crippen molar-refractivity contribution in [2.45, 2.75) is 12.8 Å². The van der Waals surface area contributed by atoms with E-state index in [9.17, 15) is 4.79 Å². The lowest BCUT2D eigenvalue weighted by Gasteiger charge is -2.09. The summed E-state index contributed by atoms with van der Waals surface area (Å²) in [5.41, 5.74) is 0.794. The summed E-state index contributed by atoms with van der Waals surface area (Å²) in [4.78, 5) is 16.4. The number of anilines is 1. The molecular weight excluding hydrogens is 250 g/mol. The normalized spacial score (nSPS) is 15.1. The van der Waals surface area contributed by atoms with Gasteiger partial charge in [0.15, 0.2) is 5.84 Å². The molecule has 2 N–H and O–H groups in total. The van der Waals surface area contributed by atoms with Gasteiger partial charge in [-0.3, -0.25) is 9.79 Å². The van der Waals surface area contributed by atoms with Gasteiger partial charge in [0.2, 0.25) is 0 Å². The van der Waals surface area contributed by atoms with E-state index in [-0.39, 0.29) is 5.91 Å². The molecule has 2 aromatic carbocycles. The summed E-state index contributed by atoms with van der Waals surface area (Å²) in [6.45, 7) is 1.53. The van der Waals surface area contributed by atoms with E-state index < -0.39 is 0 Å². The zero-order valence-corrected chi connectivity index (χ0v) is 11.2. The third-order valence-corrected chi connectivity index (χ3v) is 3.37. The molecule has 1 aliphatic rings. The Morgan fingerprint density at radius 1 is 1.10 bits per heavy atom. The van der Waals surface area contributed by atoms with Crippen LogP contribution in [0.15, 0.2) is 47.5 Å². The van der Waals surface area contributed by atoms with Crippen molar-refractivity contribution in [3.8, 4) is 0 Å². The molecule has 0 atom stereocenters. The maximum absolute atomic E-state index is 12.2. The van der Waals surface area contributed by atoms with E-state index >= 15 is 0 Å². The van der Waals surface area contributed by atoms with Gasteiger partial charge in [0.05, 0.1) is 0 Å². The summed E-state index contributed by atoms with van der Waals surface area (Å²) < 4.78 is 0. The van der Waals surface area contributed by atoms with Crippen LogP contribution in [-0.2, 0) is 4.79 Å². The first kappa shape index (κ1) is 12.7. The number of amides is 1. The fourth-order valence-corrected chi connectivity index (χ4v) is 2.30. The van der Waals surface area contributed by atoms with Crippen LogP contribution in [0, 0.1) is 0 Å². The molecule has 102 valence electrons. The number of rotatable bonds is 2. The van der Waals surface area contributed by atoms with Gasteiger partial charge in [0, 0.05) is 18.8 Å². The summed E-state index contributed by atoms with van der Waals surface area (Å²) in [6.07, 6.45) is 2.08. The monoisotopic (exact) mass is 267 g/mol. The molecule has 0 aromatic heterocycles. The molecule has 1 heterocycles. The van der Waals surface area contributed by atoms with Crippen LogP contribution < -0.4 is 10.6 Å². The molecule has 0 unspecified atom stereocenters. The number of nitrogens with zero attached hydrogens (tertiary/aromatic N) is 1. The van der Waals surface area contributed by atoms with Crippen molar-refractivity contribution in [2.75, 3.05) is 18.4 Å². The number of fused-ring (bicyclic) bond motifs is 1. The third-order valence-electron chi connectivity index (χ3n) is 3.37. The van der Waals surface area contributed by atoms with Crippen LogP contribution in [0.3, 0.4) is 0 Å². The van der Waals surface area contributed by atoms with Gasteiger partial charge in [-0.1, -0.05) is 30.3 Å². The number of hydrogen-bond donors (Lipinski definition) is 2. The van der Waals surface area contributed by atoms with E-state index in [4.69, 9.17) is 0 Å². The van der Waals surface area contributed by atoms with Crippen molar-refractivity contribution in [3.63, 3.8) is 0 Å². The number of hydrogen-bond acceptors (Lipinski definition) is 3. The zero-order valence-electron chi connectivity index (χ0n) is 11.2. The Kier molecular flexibility index (Phi) is 3.63. The molecule has 0 bridgehead atoms. The van der Waals surface area contributed by atoms with Crippen molar-refractivity contribution in [1.82, 2.24) is 5.32 Å². The molecule has 0 aliphatic carbocycles. The van der Waals surface area contributed by atoms with Crippen LogP contribution in [0.5, 0.6) is 0 Å². The highest BCUT2D eigenvalue weighted by Crippen LogP contribution is 2.18. The molecule has 0 radical (unpaired) electrons. The Hall–Kier alpha value is -2.36. The first-order valence-electron chi connectivity index (χ1n) is 6.91. The highest BCUT2D eigenvalue weighted by Gasteiger charge is 2.12. The Balaban J connectivity index is 1.78. The van der Waals surface area contributed by atoms with Crippen molar-refractivity contribution >= 4 is 28.2 Å². The number of carbonyl (C=O) groups is 1. The number of carbonyl (C=O) groups excluding carboxylic acids is 1. The molecule has 0 saturated heterocycles. The lowest BCUT2D eigenvalue weighted by Crippen LogP contribution is -2.35. The molecule has 4 nitrogen and oxygen atoms in total. The SMILES string of the molecule is O=C(Nc1ccc2ccccc2c1)C1=NCCCCN1. The number of benzene rings is 2. The Morgan fingerprint density at radius 3 is 2.85 bits per heavy atom. The van der Waals surface area contributed by atoms with Crippen LogP contribution in [0.2, 0.25) is 0 Å². The molecular formula is C16H17N3O. The fourth-order valence-electron chi connectivity index (χ4n) is 2.30. The van der Waals surface area contributed by atoms with Crippen molar-refractivity contribution < 1.29 is 4.79 Å². The Morgan fingerprint density at radius 2 is 1.95 bits per heavy atom. The van der Waals surface area contributed by atoms with Gasteiger partial charge in [-0.25, -0.2) is 0 Å². The van der Waals surface area contributed by atoms with Gasteiger partial charge < -0.3 is 10.6 Å². The topological polar surface area (TPSA) is 53.5 Å². The maximum atomic E-state index is 12.2. The average Bonchev–Trinajstić information content (AvgIpc) is 2.76. The lowest BCUT2D eigenvalue weighted by molar-refractivity contribution is -0.110. The van der Waals surface area contributed by atoms with Gasteiger partial charge >= 0.3 is 0 Å². The predicted octanol–water partition coefficient (Wildman–Crippen LogP) is 2.56. The molecule has 2 aromatic rings. The van der Waals surface area contributed by atoms with Crippen molar-refractivity contribution in [3.05, 3.63) is 42.5 Å². The van der Waals surface area contributed by atoms with E-state index in [1.165, 1.54) is 0 Å². The van der Waals surface area contributed by atoms with E-state index in [0.717, 1.165) is 35.8 Å².